The third-order valence-electron chi connectivity index (χ3n) is 3.86. The van der Waals surface area contributed by atoms with Crippen molar-refractivity contribution in [2.45, 2.75) is 25.3 Å². The van der Waals surface area contributed by atoms with Crippen LogP contribution in [0.5, 0.6) is 0 Å². The molecule has 3 rings (SSSR count). The summed E-state index contributed by atoms with van der Waals surface area (Å²) in [5.74, 6) is 1.05. The van der Waals surface area contributed by atoms with E-state index in [0.29, 0.717) is 30.6 Å². The van der Waals surface area contributed by atoms with Gasteiger partial charge in [-0.1, -0.05) is 11.2 Å². The molecule has 1 aliphatic heterocycles. The van der Waals surface area contributed by atoms with Crippen LogP contribution in [0.4, 0.5) is 0 Å². The zero-order chi connectivity index (χ0) is 17.6. The summed E-state index contributed by atoms with van der Waals surface area (Å²) in [5.41, 5.74) is 0.809. The summed E-state index contributed by atoms with van der Waals surface area (Å²) in [4.78, 5) is 34.5. The maximum absolute atomic E-state index is 12.3. The van der Waals surface area contributed by atoms with Crippen LogP contribution in [0.2, 0.25) is 0 Å². The molecule has 0 saturated carbocycles. The summed E-state index contributed by atoms with van der Waals surface area (Å²) in [6.07, 6.45) is 3.85. The predicted molar refractivity (Wildman–Crippen MR) is 91.1 cm³/mol. The van der Waals surface area contributed by atoms with Gasteiger partial charge in [0.05, 0.1) is 30.5 Å². The normalized spacial score (nSPS) is 17.1. The van der Waals surface area contributed by atoms with Crippen LogP contribution in [-0.4, -0.2) is 44.6 Å². The zero-order valence-electron chi connectivity index (χ0n) is 13.8. The van der Waals surface area contributed by atoms with E-state index in [1.54, 1.807) is 22.9 Å². The summed E-state index contributed by atoms with van der Waals surface area (Å²) < 4.78 is 5.08. The van der Waals surface area contributed by atoms with E-state index in [0.717, 1.165) is 5.69 Å². The Bertz CT molecular complexity index is 736. The molecule has 1 aliphatic rings. The predicted octanol–water partition coefficient (Wildman–Crippen LogP) is 0.992. The number of hydrogen-bond donors (Lipinski definition) is 1. The zero-order valence-corrected chi connectivity index (χ0v) is 14.7. The molecule has 25 heavy (non-hydrogen) atoms. The molecule has 9 heteroatoms. The average Bonchev–Trinajstić information content (AvgIpc) is 3.21. The molecule has 0 radical (unpaired) electrons. The Morgan fingerprint density at radius 3 is 3.12 bits per heavy atom. The molecule has 0 aromatic carbocycles. The Labute approximate surface area is 149 Å². The molecule has 1 N–H and O–H groups in total. The average molecular weight is 361 g/mol. The van der Waals surface area contributed by atoms with E-state index in [9.17, 15) is 9.59 Å². The summed E-state index contributed by atoms with van der Waals surface area (Å²) in [6, 6.07) is 5.57. The van der Waals surface area contributed by atoms with Crippen LogP contribution in [0.1, 0.15) is 23.8 Å². The minimum absolute atomic E-state index is 0.0362. The van der Waals surface area contributed by atoms with Crippen molar-refractivity contribution in [3.8, 4) is 0 Å². The molecule has 132 valence electrons. The number of carbonyl (C=O) groups is 2. The molecule has 2 amide bonds. The van der Waals surface area contributed by atoms with Crippen LogP contribution >= 0.6 is 11.8 Å². The topological polar surface area (TPSA) is 101 Å². The number of likely N-dealkylation sites (tertiary alicyclic amines) is 1. The standard InChI is InChI=1S/C16H19N5O3S/c1-25-10-13-19-14(24-20-13)7-18-16(23)11-6-15(22)21(8-11)9-12-4-2-3-5-17-12/h2-5,11H,6-10H2,1H3,(H,18,23)/t11-/m0/s1. The summed E-state index contributed by atoms with van der Waals surface area (Å²) in [5, 5.41) is 6.59. The van der Waals surface area contributed by atoms with Crippen LogP contribution in [0.25, 0.3) is 0 Å². The monoisotopic (exact) mass is 361 g/mol. The van der Waals surface area contributed by atoms with Gasteiger partial charge in [0.2, 0.25) is 17.7 Å². The number of pyridine rings is 1. The van der Waals surface area contributed by atoms with Crippen molar-refractivity contribution in [2.24, 2.45) is 5.92 Å². The number of rotatable bonds is 7. The number of carbonyl (C=O) groups excluding carboxylic acids is 2. The number of aromatic nitrogens is 3. The maximum Gasteiger partial charge on any atom is 0.246 e. The highest BCUT2D eigenvalue weighted by Gasteiger charge is 2.34. The lowest BCUT2D eigenvalue weighted by molar-refractivity contribution is -0.129. The molecule has 2 aromatic heterocycles. The third kappa shape index (κ3) is 4.56. The van der Waals surface area contributed by atoms with Crippen molar-refractivity contribution in [2.75, 3.05) is 12.8 Å². The summed E-state index contributed by atoms with van der Waals surface area (Å²) >= 11 is 1.59. The second kappa shape index (κ2) is 8.11. The van der Waals surface area contributed by atoms with Gasteiger partial charge in [-0.3, -0.25) is 14.6 Å². The third-order valence-corrected chi connectivity index (χ3v) is 4.41. The molecular weight excluding hydrogens is 342 g/mol. The summed E-state index contributed by atoms with van der Waals surface area (Å²) in [7, 11) is 0. The first-order valence-corrected chi connectivity index (χ1v) is 9.31. The first-order chi connectivity index (χ1) is 12.2. The number of thioether (sulfide) groups is 1. The van der Waals surface area contributed by atoms with Gasteiger partial charge in [-0.05, 0) is 18.4 Å². The van der Waals surface area contributed by atoms with Crippen LogP contribution in [0.15, 0.2) is 28.9 Å². The molecular formula is C16H19N5O3S. The van der Waals surface area contributed by atoms with Gasteiger partial charge in [0.15, 0.2) is 5.82 Å². The lowest BCUT2D eigenvalue weighted by Crippen LogP contribution is -2.32. The number of nitrogens with zero attached hydrogens (tertiary/aromatic N) is 4. The van der Waals surface area contributed by atoms with E-state index in [4.69, 9.17) is 4.52 Å². The van der Waals surface area contributed by atoms with Gasteiger partial charge in [-0.25, -0.2) is 0 Å². The van der Waals surface area contributed by atoms with Gasteiger partial charge in [-0.15, -0.1) is 0 Å². The minimum Gasteiger partial charge on any atom is -0.347 e. The lowest BCUT2D eigenvalue weighted by atomic mass is 10.1. The van der Waals surface area contributed by atoms with Gasteiger partial charge in [0.1, 0.15) is 0 Å². The van der Waals surface area contributed by atoms with Crippen molar-refractivity contribution in [1.29, 1.82) is 0 Å². The van der Waals surface area contributed by atoms with Gasteiger partial charge in [-0.2, -0.15) is 16.7 Å². The Morgan fingerprint density at radius 1 is 1.48 bits per heavy atom. The van der Waals surface area contributed by atoms with Gasteiger partial charge in [0, 0.05) is 19.2 Å². The van der Waals surface area contributed by atoms with E-state index >= 15 is 0 Å². The quantitative estimate of drug-likeness (QED) is 0.785. The molecule has 8 nitrogen and oxygen atoms in total. The Kier molecular flexibility index (Phi) is 5.64. The van der Waals surface area contributed by atoms with Crippen molar-refractivity contribution in [3.63, 3.8) is 0 Å². The summed E-state index contributed by atoms with van der Waals surface area (Å²) in [6.45, 7) is 0.985. The van der Waals surface area contributed by atoms with E-state index in [1.165, 1.54) is 0 Å². The highest BCUT2D eigenvalue weighted by atomic mass is 32.2. The fraction of sp³-hybridized carbons (Fsp3) is 0.438. The Balaban J connectivity index is 1.50. The first kappa shape index (κ1) is 17.4. The van der Waals surface area contributed by atoms with Gasteiger partial charge >= 0.3 is 0 Å². The highest BCUT2D eigenvalue weighted by molar-refractivity contribution is 7.97. The van der Waals surface area contributed by atoms with Gasteiger partial charge in [0.25, 0.3) is 0 Å². The largest absolute Gasteiger partial charge is 0.347 e. The number of hydrogen-bond acceptors (Lipinski definition) is 7. The molecule has 2 aromatic rings. The highest BCUT2D eigenvalue weighted by Crippen LogP contribution is 2.20. The van der Waals surface area contributed by atoms with E-state index < -0.39 is 0 Å². The molecule has 0 spiro atoms. The van der Waals surface area contributed by atoms with Crippen molar-refractivity contribution in [1.82, 2.24) is 25.3 Å². The Morgan fingerprint density at radius 2 is 2.36 bits per heavy atom. The molecule has 1 fully saturated rings. The first-order valence-electron chi connectivity index (χ1n) is 7.91. The molecule has 1 atom stereocenters. The van der Waals surface area contributed by atoms with Crippen LogP contribution < -0.4 is 5.32 Å². The minimum atomic E-state index is -0.371. The molecule has 0 bridgehead atoms. The number of nitrogens with one attached hydrogen (secondary N) is 1. The van der Waals surface area contributed by atoms with Crippen molar-refractivity contribution < 1.29 is 14.1 Å². The maximum atomic E-state index is 12.3. The number of amides is 2. The fourth-order valence-electron chi connectivity index (χ4n) is 2.64. The van der Waals surface area contributed by atoms with Crippen molar-refractivity contribution in [3.05, 3.63) is 41.8 Å². The van der Waals surface area contributed by atoms with Crippen molar-refractivity contribution >= 4 is 23.6 Å². The second-order valence-electron chi connectivity index (χ2n) is 5.75. The molecule has 0 unspecified atom stereocenters. The molecule has 1 saturated heterocycles. The molecule has 3 heterocycles. The van der Waals surface area contributed by atoms with Gasteiger partial charge < -0.3 is 14.7 Å². The smallest absolute Gasteiger partial charge is 0.246 e. The Hall–Kier alpha value is -2.42. The lowest BCUT2D eigenvalue weighted by Gasteiger charge is -2.15. The van der Waals surface area contributed by atoms with Crippen LogP contribution in [0.3, 0.4) is 0 Å². The molecule has 0 aliphatic carbocycles. The van der Waals surface area contributed by atoms with Crippen LogP contribution in [0, 0.1) is 5.92 Å². The SMILES string of the molecule is CSCc1noc(CNC(=O)[C@H]2CC(=O)N(Cc3ccccn3)C2)n1. The van der Waals surface area contributed by atoms with E-state index in [2.05, 4.69) is 20.4 Å². The van der Waals surface area contributed by atoms with E-state index in [1.807, 2.05) is 24.5 Å². The second-order valence-corrected chi connectivity index (χ2v) is 6.62. The van der Waals surface area contributed by atoms with E-state index in [-0.39, 0.29) is 30.7 Å². The van der Waals surface area contributed by atoms with Crippen LogP contribution in [-0.2, 0) is 28.4 Å². The fourth-order valence-corrected chi connectivity index (χ4v) is 3.02.